The first-order valence-electron chi connectivity index (χ1n) is 9.76. The van der Waals surface area contributed by atoms with Gasteiger partial charge < -0.3 is 19.3 Å². The third kappa shape index (κ3) is 4.45. The fraction of sp³-hybridized carbons (Fsp3) is 0.292. The van der Waals surface area contributed by atoms with Crippen molar-refractivity contribution in [3.05, 3.63) is 77.6 Å². The minimum atomic E-state index is -1.10. The molecule has 1 aliphatic rings. The normalized spacial score (nSPS) is 19.0. The number of carboxylic acids is 1. The molecule has 4 rings (SSSR count). The second-order valence-corrected chi connectivity index (χ2v) is 7.87. The molecule has 1 N–H and O–H groups in total. The van der Waals surface area contributed by atoms with Crippen LogP contribution in [-0.2, 0) is 20.9 Å². The van der Waals surface area contributed by atoms with E-state index < -0.39 is 29.6 Å². The molecule has 1 fully saturated rings. The van der Waals surface area contributed by atoms with Gasteiger partial charge >= 0.3 is 5.97 Å². The Balaban J connectivity index is 1.55. The number of halogens is 1. The molecule has 0 aliphatic carbocycles. The summed E-state index contributed by atoms with van der Waals surface area (Å²) in [7, 11) is 0. The number of hydrogen-bond donors (Lipinski definition) is 1. The van der Waals surface area contributed by atoms with Crippen LogP contribution in [0.2, 0.25) is 0 Å². The summed E-state index contributed by atoms with van der Waals surface area (Å²) < 4.78 is 31.3. The van der Waals surface area contributed by atoms with Crippen LogP contribution in [-0.4, -0.2) is 29.6 Å². The molecular weight excluding hydrogens is 387 g/mol. The largest absolute Gasteiger partial charge is 0.489 e. The molecule has 0 saturated carbocycles. The first kappa shape index (κ1) is 20.3. The topological polar surface area (TPSA) is 65.0 Å². The first-order valence-corrected chi connectivity index (χ1v) is 9.76. The van der Waals surface area contributed by atoms with Gasteiger partial charge in [0.25, 0.3) is 0 Å². The lowest BCUT2D eigenvalue weighted by molar-refractivity contribution is -0.153. The number of benzene rings is 3. The Morgan fingerprint density at radius 1 is 1.17 bits per heavy atom. The van der Waals surface area contributed by atoms with Crippen LogP contribution >= 0.6 is 0 Å². The Bertz CT molecular complexity index is 1080. The number of rotatable bonds is 6. The molecule has 3 aromatic carbocycles. The van der Waals surface area contributed by atoms with Gasteiger partial charge in [-0.25, -0.2) is 4.39 Å². The summed E-state index contributed by atoms with van der Waals surface area (Å²) >= 11 is 0. The van der Waals surface area contributed by atoms with Gasteiger partial charge in [0, 0.05) is 6.07 Å². The lowest BCUT2D eigenvalue weighted by atomic mass is 9.93. The summed E-state index contributed by atoms with van der Waals surface area (Å²) in [5.41, 5.74) is 1.21. The third-order valence-electron chi connectivity index (χ3n) is 5.14. The highest BCUT2D eigenvalue weighted by molar-refractivity contribution is 5.83. The third-order valence-corrected chi connectivity index (χ3v) is 5.14. The molecule has 1 saturated heterocycles. The van der Waals surface area contributed by atoms with E-state index >= 15 is 0 Å². The second-order valence-electron chi connectivity index (χ2n) is 7.87. The number of ether oxygens (including phenoxy) is 3. The molecule has 156 valence electrons. The Kier molecular flexibility index (Phi) is 5.45. The molecule has 30 heavy (non-hydrogen) atoms. The number of hydrogen-bond acceptors (Lipinski definition) is 4. The van der Waals surface area contributed by atoms with Crippen molar-refractivity contribution in [2.75, 3.05) is 6.61 Å². The fourth-order valence-electron chi connectivity index (χ4n) is 3.74. The van der Waals surface area contributed by atoms with Crippen LogP contribution < -0.4 is 4.74 Å². The predicted molar refractivity (Wildman–Crippen MR) is 110 cm³/mol. The highest BCUT2D eigenvalue weighted by Crippen LogP contribution is 2.34. The van der Waals surface area contributed by atoms with Crippen LogP contribution in [0.4, 0.5) is 4.39 Å². The molecule has 1 unspecified atom stereocenters. The standard InChI is InChI=1S/C24H23FO5/c1-24(2)29-14-21(30-24)22(23(26)27)18-10-19(25)12-20(11-18)28-13-15-7-8-16-5-3-4-6-17(16)9-15/h3-12,21-22H,13-14H2,1-2H3,(H,26,27)/t21-,22?/m0/s1. The monoisotopic (exact) mass is 410 g/mol. The Morgan fingerprint density at radius 3 is 2.63 bits per heavy atom. The molecule has 3 aromatic rings. The molecule has 5 nitrogen and oxygen atoms in total. The van der Waals surface area contributed by atoms with Crippen LogP contribution in [0.25, 0.3) is 10.8 Å². The maximum atomic E-state index is 14.3. The first-order chi connectivity index (χ1) is 14.3. The fourth-order valence-corrected chi connectivity index (χ4v) is 3.74. The van der Waals surface area contributed by atoms with Crippen molar-refractivity contribution in [2.45, 2.75) is 38.3 Å². The number of carbonyl (C=O) groups is 1. The highest BCUT2D eigenvalue weighted by atomic mass is 19.1. The lowest BCUT2D eigenvalue weighted by Gasteiger charge is -2.22. The smallest absolute Gasteiger partial charge is 0.313 e. The minimum Gasteiger partial charge on any atom is -0.489 e. The van der Waals surface area contributed by atoms with E-state index in [0.29, 0.717) is 0 Å². The van der Waals surface area contributed by atoms with Gasteiger partial charge in [0.2, 0.25) is 0 Å². The molecule has 1 heterocycles. The van der Waals surface area contributed by atoms with Crippen molar-refractivity contribution >= 4 is 16.7 Å². The number of aliphatic carboxylic acids is 1. The number of fused-ring (bicyclic) bond motifs is 1. The van der Waals surface area contributed by atoms with E-state index in [0.717, 1.165) is 16.3 Å². The Morgan fingerprint density at radius 2 is 1.93 bits per heavy atom. The SMILES string of the molecule is CC1(C)OC[C@@H](C(C(=O)O)c2cc(F)cc(OCc3ccc4ccccc4c3)c2)O1. The molecule has 6 heteroatoms. The molecule has 0 spiro atoms. The van der Waals surface area contributed by atoms with Gasteiger partial charge in [-0.3, -0.25) is 4.79 Å². The van der Waals surface area contributed by atoms with Gasteiger partial charge in [-0.15, -0.1) is 0 Å². The van der Waals surface area contributed by atoms with Gasteiger partial charge in [-0.05, 0) is 53.9 Å². The minimum absolute atomic E-state index is 0.119. The molecular formula is C24H23FO5. The molecule has 0 amide bonds. The van der Waals surface area contributed by atoms with E-state index in [2.05, 4.69) is 0 Å². The Labute approximate surface area is 174 Å². The van der Waals surface area contributed by atoms with Crippen molar-refractivity contribution in [2.24, 2.45) is 0 Å². The second kappa shape index (κ2) is 8.05. The van der Waals surface area contributed by atoms with E-state index in [4.69, 9.17) is 14.2 Å². The molecule has 2 atom stereocenters. The molecule has 1 aliphatic heterocycles. The van der Waals surface area contributed by atoms with Gasteiger partial charge in [0.15, 0.2) is 5.79 Å². The van der Waals surface area contributed by atoms with E-state index in [1.165, 1.54) is 12.1 Å². The van der Waals surface area contributed by atoms with Crippen molar-refractivity contribution in [1.29, 1.82) is 0 Å². The average molecular weight is 410 g/mol. The highest BCUT2D eigenvalue weighted by Gasteiger charge is 2.41. The zero-order valence-corrected chi connectivity index (χ0v) is 16.8. The summed E-state index contributed by atoms with van der Waals surface area (Å²) in [5.74, 6) is -3.34. The quantitative estimate of drug-likeness (QED) is 0.628. The van der Waals surface area contributed by atoms with E-state index in [-0.39, 0.29) is 24.5 Å². The van der Waals surface area contributed by atoms with E-state index in [1.54, 1.807) is 19.9 Å². The summed E-state index contributed by atoms with van der Waals surface area (Å²) in [6, 6.07) is 18.0. The van der Waals surface area contributed by atoms with Crippen molar-refractivity contribution in [1.82, 2.24) is 0 Å². The Hall–Kier alpha value is -2.96. The number of carboxylic acid groups (broad SMARTS) is 1. The maximum absolute atomic E-state index is 14.3. The maximum Gasteiger partial charge on any atom is 0.313 e. The van der Waals surface area contributed by atoms with E-state index in [1.807, 2.05) is 42.5 Å². The van der Waals surface area contributed by atoms with Crippen LogP contribution in [0, 0.1) is 5.82 Å². The van der Waals surface area contributed by atoms with Crippen LogP contribution in [0.1, 0.15) is 30.9 Å². The van der Waals surface area contributed by atoms with Crippen molar-refractivity contribution in [3.63, 3.8) is 0 Å². The van der Waals surface area contributed by atoms with Crippen molar-refractivity contribution < 1.29 is 28.5 Å². The average Bonchev–Trinajstić information content (AvgIpc) is 3.05. The predicted octanol–water partition coefficient (Wildman–Crippen LogP) is 4.88. The van der Waals surface area contributed by atoms with Gasteiger partial charge in [-0.2, -0.15) is 0 Å². The molecule has 0 aromatic heterocycles. The lowest BCUT2D eigenvalue weighted by Crippen LogP contribution is -2.30. The summed E-state index contributed by atoms with van der Waals surface area (Å²) in [6.45, 7) is 3.79. The van der Waals surface area contributed by atoms with Gasteiger partial charge in [0.1, 0.15) is 30.2 Å². The molecule has 0 bridgehead atoms. The van der Waals surface area contributed by atoms with Crippen molar-refractivity contribution in [3.8, 4) is 5.75 Å². The summed E-state index contributed by atoms with van der Waals surface area (Å²) in [6.07, 6.45) is -0.715. The zero-order valence-electron chi connectivity index (χ0n) is 16.8. The van der Waals surface area contributed by atoms with Gasteiger partial charge in [0.05, 0.1) is 6.61 Å². The zero-order chi connectivity index (χ0) is 21.3. The van der Waals surface area contributed by atoms with Crippen LogP contribution in [0.15, 0.2) is 60.7 Å². The molecule has 0 radical (unpaired) electrons. The van der Waals surface area contributed by atoms with E-state index in [9.17, 15) is 14.3 Å². The van der Waals surface area contributed by atoms with Crippen LogP contribution in [0.5, 0.6) is 5.75 Å². The van der Waals surface area contributed by atoms with Gasteiger partial charge in [-0.1, -0.05) is 36.4 Å². The summed E-state index contributed by atoms with van der Waals surface area (Å²) in [4.78, 5) is 11.9. The summed E-state index contributed by atoms with van der Waals surface area (Å²) in [5, 5.41) is 12.0. The van der Waals surface area contributed by atoms with Crippen LogP contribution in [0.3, 0.4) is 0 Å².